The summed E-state index contributed by atoms with van der Waals surface area (Å²) in [5.41, 5.74) is 9.12. The number of benzene rings is 2. The second-order valence-corrected chi connectivity index (χ2v) is 7.86. The lowest BCUT2D eigenvalue weighted by atomic mass is 10.0. The molecule has 3 N–H and O–H groups in total. The molecule has 2 aromatic carbocycles. The van der Waals surface area contributed by atoms with Gasteiger partial charge >= 0.3 is 0 Å². The normalized spacial score (nSPS) is 10.6. The van der Waals surface area contributed by atoms with Crippen LogP contribution in [0.5, 0.6) is 0 Å². The van der Waals surface area contributed by atoms with E-state index in [-0.39, 0.29) is 17.0 Å². The molecule has 1 heterocycles. The van der Waals surface area contributed by atoms with Crippen LogP contribution in [0.2, 0.25) is 5.02 Å². The van der Waals surface area contributed by atoms with Crippen molar-refractivity contribution in [2.75, 3.05) is 11.1 Å². The second kappa shape index (κ2) is 7.83. The van der Waals surface area contributed by atoms with Crippen LogP contribution in [0.3, 0.4) is 0 Å². The number of hydrogen-bond donors (Lipinski definition) is 2. The quantitative estimate of drug-likeness (QED) is 0.523. The van der Waals surface area contributed by atoms with Crippen LogP contribution >= 0.6 is 22.9 Å². The maximum atomic E-state index is 12.8. The SMILES string of the molecule is CC(C)c1ccc(Nc2sc(C(=O)c3ccc(Cl)cc3)c(N)c2C#N)cc1. The zero-order valence-electron chi connectivity index (χ0n) is 14.9. The number of ketones is 1. The van der Waals surface area contributed by atoms with Crippen LogP contribution in [0.15, 0.2) is 48.5 Å². The predicted octanol–water partition coefficient (Wildman–Crippen LogP) is 5.95. The van der Waals surface area contributed by atoms with Gasteiger partial charge in [0, 0.05) is 16.3 Å². The molecule has 0 aliphatic rings. The van der Waals surface area contributed by atoms with Gasteiger partial charge in [-0.3, -0.25) is 4.79 Å². The molecule has 1 aromatic heterocycles. The zero-order valence-corrected chi connectivity index (χ0v) is 16.5. The molecule has 0 aliphatic heterocycles. The summed E-state index contributed by atoms with van der Waals surface area (Å²) in [6, 6.07) is 16.7. The van der Waals surface area contributed by atoms with E-state index >= 15 is 0 Å². The minimum absolute atomic E-state index is 0.198. The molecule has 0 saturated carbocycles. The molecule has 0 radical (unpaired) electrons. The molecular weight excluding hydrogens is 378 g/mol. The Morgan fingerprint density at radius 1 is 1.15 bits per heavy atom. The lowest BCUT2D eigenvalue weighted by molar-refractivity contribution is 0.104. The van der Waals surface area contributed by atoms with Crippen molar-refractivity contribution in [1.82, 2.24) is 0 Å². The first-order valence-corrected chi connectivity index (χ1v) is 9.59. The Labute approximate surface area is 167 Å². The van der Waals surface area contributed by atoms with E-state index in [1.165, 1.54) is 16.9 Å². The molecule has 0 amide bonds. The number of rotatable bonds is 5. The summed E-state index contributed by atoms with van der Waals surface area (Å²) in [6.07, 6.45) is 0. The molecule has 4 nitrogen and oxygen atoms in total. The topological polar surface area (TPSA) is 78.9 Å². The predicted molar refractivity (Wildman–Crippen MR) is 112 cm³/mol. The highest BCUT2D eigenvalue weighted by molar-refractivity contribution is 7.19. The van der Waals surface area contributed by atoms with E-state index in [0.29, 0.717) is 26.4 Å². The average Bonchev–Trinajstić information content (AvgIpc) is 2.97. The molecule has 0 fully saturated rings. The molecule has 3 rings (SSSR count). The van der Waals surface area contributed by atoms with Gasteiger partial charge in [0.2, 0.25) is 5.78 Å². The summed E-state index contributed by atoms with van der Waals surface area (Å²) in [5.74, 6) is 0.212. The molecule has 0 aliphatic carbocycles. The smallest absolute Gasteiger partial charge is 0.205 e. The van der Waals surface area contributed by atoms with E-state index in [0.717, 1.165) is 5.69 Å². The van der Waals surface area contributed by atoms with Gasteiger partial charge in [-0.25, -0.2) is 0 Å². The summed E-state index contributed by atoms with van der Waals surface area (Å²) in [6.45, 7) is 4.26. The number of nitrogens with two attached hydrogens (primary N) is 1. The van der Waals surface area contributed by atoms with E-state index < -0.39 is 0 Å². The number of carbonyl (C=O) groups is 1. The first-order valence-electron chi connectivity index (χ1n) is 8.40. The van der Waals surface area contributed by atoms with Crippen LogP contribution < -0.4 is 11.1 Å². The van der Waals surface area contributed by atoms with Crippen molar-refractivity contribution in [2.24, 2.45) is 0 Å². The molecule has 0 bridgehead atoms. The summed E-state index contributed by atoms with van der Waals surface area (Å²) in [5, 5.41) is 13.8. The first-order chi connectivity index (χ1) is 12.9. The first kappa shape index (κ1) is 19.0. The van der Waals surface area contributed by atoms with Gasteiger partial charge in [-0.05, 0) is 47.9 Å². The number of anilines is 3. The van der Waals surface area contributed by atoms with Crippen molar-refractivity contribution in [3.8, 4) is 6.07 Å². The number of halogens is 1. The Morgan fingerprint density at radius 3 is 2.33 bits per heavy atom. The lowest BCUT2D eigenvalue weighted by Gasteiger charge is -2.08. The van der Waals surface area contributed by atoms with Crippen molar-refractivity contribution < 1.29 is 4.79 Å². The van der Waals surface area contributed by atoms with Gasteiger partial charge in [0.25, 0.3) is 0 Å². The number of nitrogens with one attached hydrogen (secondary N) is 1. The Kier molecular flexibility index (Phi) is 5.50. The molecule has 0 spiro atoms. The maximum Gasteiger partial charge on any atom is 0.205 e. The van der Waals surface area contributed by atoms with Gasteiger partial charge < -0.3 is 11.1 Å². The van der Waals surface area contributed by atoms with E-state index in [4.69, 9.17) is 17.3 Å². The number of nitrogens with zero attached hydrogens (tertiary/aromatic N) is 1. The number of thiophene rings is 1. The molecule has 3 aromatic rings. The number of nitrogen functional groups attached to an aromatic ring is 1. The van der Waals surface area contributed by atoms with Crippen LogP contribution in [-0.2, 0) is 0 Å². The lowest BCUT2D eigenvalue weighted by Crippen LogP contribution is -2.02. The summed E-state index contributed by atoms with van der Waals surface area (Å²) >= 11 is 7.06. The van der Waals surface area contributed by atoms with E-state index in [1.54, 1.807) is 24.3 Å². The molecule has 0 atom stereocenters. The van der Waals surface area contributed by atoms with Crippen LogP contribution in [0.1, 0.15) is 46.1 Å². The number of nitriles is 1. The summed E-state index contributed by atoms with van der Waals surface area (Å²) < 4.78 is 0. The van der Waals surface area contributed by atoms with Gasteiger partial charge in [0.05, 0.1) is 5.69 Å². The average molecular weight is 396 g/mol. The van der Waals surface area contributed by atoms with Crippen LogP contribution in [0.25, 0.3) is 0 Å². The van der Waals surface area contributed by atoms with Crippen molar-refractivity contribution >= 4 is 45.1 Å². The van der Waals surface area contributed by atoms with E-state index in [2.05, 4.69) is 25.2 Å². The fourth-order valence-corrected chi connectivity index (χ4v) is 3.81. The van der Waals surface area contributed by atoms with Crippen LogP contribution in [0.4, 0.5) is 16.4 Å². The highest BCUT2D eigenvalue weighted by Gasteiger charge is 2.22. The number of hydrogen-bond acceptors (Lipinski definition) is 5. The van der Waals surface area contributed by atoms with Gasteiger partial charge in [-0.15, -0.1) is 11.3 Å². The monoisotopic (exact) mass is 395 g/mol. The Morgan fingerprint density at radius 2 is 1.78 bits per heavy atom. The highest BCUT2D eigenvalue weighted by atomic mass is 35.5. The van der Waals surface area contributed by atoms with Gasteiger partial charge in [-0.2, -0.15) is 5.26 Å². The zero-order chi connectivity index (χ0) is 19.6. The van der Waals surface area contributed by atoms with Crippen molar-refractivity contribution in [3.05, 3.63) is 75.1 Å². The number of carbonyl (C=O) groups excluding carboxylic acids is 1. The Hall–Kier alpha value is -2.81. The fourth-order valence-electron chi connectivity index (χ4n) is 2.63. The van der Waals surface area contributed by atoms with Crippen molar-refractivity contribution in [2.45, 2.75) is 19.8 Å². The molecule has 136 valence electrons. The van der Waals surface area contributed by atoms with Gasteiger partial charge in [0.1, 0.15) is 21.5 Å². The third-order valence-electron chi connectivity index (χ3n) is 4.20. The Balaban J connectivity index is 1.93. The van der Waals surface area contributed by atoms with Crippen molar-refractivity contribution in [3.63, 3.8) is 0 Å². The summed E-state index contributed by atoms with van der Waals surface area (Å²) in [7, 11) is 0. The Bertz CT molecular complexity index is 1020. The van der Waals surface area contributed by atoms with Crippen molar-refractivity contribution in [1.29, 1.82) is 5.26 Å². The third-order valence-corrected chi connectivity index (χ3v) is 5.58. The third kappa shape index (κ3) is 3.97. The molecule has 6 heteroatoms. The molecule has 0 unspecified atom stereocenters. The van der Waals surface area contributed by atoms with Gasteiger partial charge in [-0.1, -0.05) is 37.6 Å². The molecule has 27 heavy (non-hydrogen) atoms. The van der Waals surface area contributed by atoms with Crippen LogP contribution in [-0.4, -0.2) is 5.78 Å². The fraction of sp³-hybridized carbons (Fsp3) is 0.143. The maximum absolute atomic E-state index is 12.8. The highest BCUT2D eigenvalue weighted by Crippen LogP contribution is 2.38. The standard InChI is InChI=1S/C21H18ClN3OS/c1-12(2)13-5-9-16(10-6-13)25-21-17(11-23)18(24)20(27-21)19(26)14-3-7-15(22)8-4-14/h3-10,12,25H,24H2,1-2H3. The van der Waals surface area contributed by atoms with E-state index in [9.17, 15) is 10.1 Å². The minimum atomic E-state index is -0.228. The van der Waals surface area contributed by atoms with E-state index in [1.807, 2.05) is 24.3 Å². The molecular formula is C21H18ClN3OS. The minimum Gasteiger partial charge on any atom is -0.396 e. The largest absolute Gasteiger partial charge is 0.396 e. The van der Waals surface area contributed by atoms with Crippen LogP contribution in [0, 0.1) is 11.3 Å². The molecule has 0 saturated heterocycles. The summed E-state index contributed by atoms with van der Waals surface area (Å²) in [4.78, 5) is 13.1. The van der Waals surface area contributed by atoms with Gasteiger partial charge in [0.15, 0.2) is 0 Å². The second-order valence-electron chi connectivity index (χ2n) is 6.40.